The number of nitrogens with zero attached hydrogens (tertiary/aromatic N) is 2. The Labute approximate surface area is 144 Å². The number of aromatic nitrogens is 1. The highest BCUT2D eigenvalue weighted by Crippen LogP contribution is 2.26. The molecule has 1 aliphatic rings. The second-order valence-corrected chi connectivity index (χ2v) is 5.95. The van der Waals surface area contributed by atoms with E-state index in [4.69, 9.17) is 5.11 Å². The Morgan fingerprint density at radius 3 is 2.48 bits per heavy atom. The molecule has 3 N–H and O–H groups in total. The van der Waals surface area contributed by atoms with E-state index in [1.54, 1.807) is 30.3 Å². The Balaban J connectivity index is 1.60. The van der Waals surface area contributed by atoms with Gasteiger partial charge >= 0.3 is 5.97 Å². The van der Waals surface area contributed by atoms with Crippen molar-refractivity contribution in [1.29, 1.82) is 0 Å². The number of anilines is 2. The number of nitrogens with one attached hydrogen (secondary N) is 1. The van der Waals surface area contributed by atoms with Gasteiger partial charge in [0.1, 0.15) is 11.6 Å². The van der Waals surface area contributed by atoms with Crippen LogP contribution in [0.1, 0.15) is 23.3 Å². The summed E-state index contributed by atoms with van der Waals surface area (Å²) in [7, 11) is 0. The molecule has 0 saturated carbocycles. The van der Waals surface area contributed by atoms with Gasteiger partial charge in [-0.05, 0) is 37.1 Å². The van der Waals surface area contributed by atoms with Crippen LogP contribution in [0.2, 0.25) is 0 Å². The summed E-state index contributed by atoms with van der Waals surface area (Å²) in [6.45, 7) is 1.24. The van der Waals surface area contributed by atoms with E-state index < -0.39 is 5.97 Å². The first-order valence-corrected chi connectivity index (χ1v) is 8.09. The molecule has 1 aliphatic heterocycles. The highest BCUT2D eigenvalue weighted by molar-refractivity contribution is 5.94. The van der Waals surface area contributed by atoms with Crippen LogP contribution in [0.4, 0.5) is 11.5 Å². The van der Waals surface area contributed by atoms with E-state index in [2.05, 4.69) is 10.3 Å². The van der Waals surface area contributed by atoms with Crippen LogP contribution in [0.3, 0.4) is 0 Å². The van der Waals surface area contributed by atoms with Crippen molar-refractivity contribution in [1.82, 2.24) is 4.98 Å². The van der Waals surface area contributed by atoms with Crippen LogP contribution < -0.4 is 10.2 Å². The topological polar surface area (TPSA) is 103 Å². The number of amides is 1. The summed E-state index contributed by atoms with van der Waals surface area (Å²) in [6.07, 6.45) is 1.27. The van der Waals surface area contributed by atoms with E-state index in [1.807, 2.05) is 4.90 Å². The second-order valence-electron chi connectivity index (χ2n) is 5.95. The Kier molecular flexibility index (Phi) is 4.83. The number of phenols is 1. The molecule has 1 aromatic carbocycles. The highest BCUT2D eigenvalue weighted by Gasteiger charge is 2.26. The summed E-state index contributed by atoms with van der Waals surface area (Å²) in [5, 5.41) is 21.5. The fourth-order valence-corrected chi connectivity index (χ4v) is 2.90. The number of piperidine rings is 1. The largest absolute Gasteiger partial charge is 0.506 e. The number of carbonyl (C=O) groups is 2. The predicted octanol–water partition coefficient (Wildman–Crippen LogP) is 2.34. The summed E-state index contributed by atoms with van der Waals surface area (Å²) in [6, 6.07) is 11.5. The van der Waals surface area contributed by atoms with Crippen molar-refractivity contribution in [2.45, 2.75) is 12.8 Å². The van der Waals surface area contributed by atoms with Gasteiger partial charge in [0.15, 0.2) is 5.69 Å². The molecule has 2 heterocycles. The lowest BCUT2D eigenvalue weighted by molar-refractivity contribution is -0.120. The molecule has 1 aromatic heterocycles. The fraction of sp³-hybridized carbons (Fsp3) is 0.278. The monoisotopic (exact) mass is 341 g/mol. The maximum Gasteiger partial charge on any atom is 0.354 e. The minimum Gasteiger partial charge on any atom is -0.506 e. The van der Waals surface area contributed by atoms with Crippen molar-refractivity contribution >= 4 is 23.4 Å². The van der Waals surface area contributed by atoms with E-state index in [0.717, 1.165) is 0 Å². The Morgan fingerprint density at radius 1 is 1.08 bits per heavy atom. The van der Waals surface area contributed by atoms with Gasteiger partial charge in [0, 0.05) is 19.0 Å². The Morgan fingerprint density at radius 2 is 1.80 bits per heavy atom. The van der Waals surface area contributed by atoms with Gasteiger partial charge in [-0.25, -0.2) is 9.78 Å². The van der Waals surface area contributed by atoms with E-state index in [0.29, 0.717) is 37.4 Å². The molecule has 0 bridgehead atoms. The Bertz CT molecular complexity index is 785. The first-order chi connectivity index (χ1) is 12.0. The van der Waals surface area contributed by atoms with Crippen molar-refractivity contribution in [3.8, 4) is 5.75 Å². The van der Waals surface area contributed by atoms with Crippen LogP contribution in [0.25, 0.3) is 0 Å². The number of carboxylic acid groups (broad SMARTS) is 1. The molecule has 7 heteroatoms. The molecule has 0 unspecified atom stereocenters. The molecule has 0 aliphatic carbocycles. The van der Waals surface area contributed by atoms with E-state index in [1.165, 1.54) is 12.1 Å². The van der Waals surface area contributed by atoms with Crippen molar-refractivity contribution in [2.75, 3.05) is 23.3 Å². The SMILES string of the molecule is O=C(O)c1cccc(N2CCC(C(=O)Nc3ccccc3O)CC2)n1. The molecule has 2 aromatic rings. The molecule has 130 valence electrons. The van der Waals surface area contributed by atoms with Crippen molar-refractivity contribution in [3.05, 3.63) is 48.2 Å². The molecule has 0 radical (unpaired) electrons. The number of para-hydroxylation sites is 2. The quantitative estimate of drug-likeness (QED) is 0.738. The number of aromatic carboxylic acids is 1. The smallest absolute Gasteiger partial charge is 0.354 e. The van der Waals surface area contributed by atoms with Crippen LogP contribution in [0, 0.1) is 5.92 Å². The van der Waals surface area contributed by atoms with Gasteiger partial charge in [0.2, 0.25) is 5.91 Å². The third-order valence-electron chi connectivity index (χ3n) is 4.31. The molecule has 25 heavy (non-hydrogen) atoms. The second kappa shape index (κ2) is 7.21. The van der Waals surface area contributed by atoms with Crippen LogP contribution in [0.5, 0.6) is 5.75 Å². The summed E-state index contributed by atoms with van der Waals surface area (Å²) < 4.78 is 0. The summed E-state index contributed by atoms with van der Waals surface area (Å²) in [5.41, 5.74) is 0.419. The number of hydrogen-bond donors (Lipinski definition) is 3. The third kappa shape index (κ3) is 3.88. The predicted molar refractivity (Wildman–Crippen MR) is 92.9 cm³/mol. The van der Waals surface area contributed by atoms with Gasteiger partial charge in [-0.1, -0.05) is 18.2 Å². The van der Waals surface area contributed by atoms with Gasteiger partial charge in [0.25, 0.3) is 0 Å². The molecule has 1 saturated heterocycles. The number of carboxylic acids is 1. The summed E-state index contributed by atoms with van der Waals surface area (Å²) in [5.74, 6) is -0.673. The number of phenolic OH excluding ortho intramolecular Hbond substituents is 1. The lowest BCUT2D eigenvalue weighted by atomic mass is 9.95. The van der Waals surface area contributed by atoms with Gasteiger partial charge < -0.3 is 20.4 Å². The Hall–Kier alpha value is -3.09. The van der Waals surface area contributed by atoms with Crippen molar-refractivity contribution in [2.24, 2.45) is 5.92 Å². The first-order valence-electron chi connectivity index (χ1n) is 8.09. The molecule has 7 nitrogen and oxygen atoms in total. The number of benzene rings is 1. The number of pyridine rings is 1. The minimum atomic E-state index is -1.06. The van der Waals surface area contributed by atoms with Crippen molar-refractivity contribution in [3.63, 3.8) is 0 Å². The van der Waals surface area contributed by atoms with E-state index >= 15 is 0 Å². The van der Waals surface area contributed by atoms with Crippen LogP contribution in [-0.4, -0.2) is 40.2 Å². The lowest BCUT2D eigenvalue weighted by Crippen LogP contribution is -2.38. The average Bonchev–Trinajstić information content (AvgIpc) is 2.64. The molecule has 0 spiro atoms. The van der Waals surface area contributed by atoms with Crippen molar-refractivity contribution < 1.29 is 19.8 Å². The van der Waals surface area contributed by atoms with Crippen LogP contribution >= 0.6 is 0 Å². The molecule has 0 atom stereocenters. The lowest BCUT2D eigenvalue weighted by Gasteiger charge is -2.32. The van der Waals surface area contributed by atoms with Crippen LogP contribution in [-0.2, 0) is 4.79 Å². The maximum atomic E-state index is 12.4. The van der Waals surface area contributed by atoms with E-state index in [9.17, 15) is 14.7 Å². The van der Waals surface area contributed by atoms with Gasteiger partial charge in [0.05, 0.1) is 5.69 Å². The highest BCUT2D eigenvalue weighted by atomic mass is 16.4. The van der Waals surface area contributed by atoms with Crippen LogP contribution in [0.15, 0.2) is 42.5 Å². The molecule has 1 fully saturated rings. The number of rotatable bonds is 4. The number of hydrogen-bond acceptors (Lipinski definition) is 5. The number of carbonyl (C=O) groups excluding carboxylic acids is 1. The fourth-order valence-electron chi connectivity index (χ4n) is 2.90. The standard InChI is InChI=1S/C18H19N3O4/c22-15-6-2-1-4-13(15)20-17(23)12-8-10-21(11-9-12)16-7-3-5-14(19-16)18(24)25/h1-7,12,22H,8-11H2,(H,20,23)(H,24,25). The number of aromatic hydroxyl groups is 1. The maximum absolute atomic E-state index is 12.4. The van der Waals surface area contributed by atoms with E-state index in [-0.39, 0.29) is 23.3 Å². The van der Waals surface area contributed by atoms with Gasteiger partial charge in [-0.15, -0.1) is 0 Å². The summed E-state index contributed by atoms with van der Waals surface area (Å²) in [4.78, 5) is 29.5. The van der Waals surface area contributed by atoms with Gasteiger partial charge in [-0.2, -0.15) is 0 Å². The summed E-state index contributed by atoms with van der Waals surface area (Å²) >= 11 is 0. The zero-order valence-corrected chi connectivity index (χ0v) is 13.6. The first kappa shape index (κ1) is 16.8. The van der Waals surface area contributed by atoms with Gasteiger partial charge in [-0.3, -0.25) is 4.79 Å². The molecular weight excluding hydrogens is 322 g/mol. The molecule has 3 rings (SSSR count). The molecular formula is C18H19N3O4. The zero-order chi connectivity index (χ0) is 17.8. The zero-order valence-electron chi connectivity index (χ0n) is 13.6. The minimum absolute atomic E-state index is 0.0110. The average molecular weight is 341 g/mol. The third-order valence-corrected chi connectivity index (χ3v) is 4.31. The normalized spacial score (nSPS) is 15.0. The molecule has 1 amide bonds.